The lowest BCUT2D eigenvalue weighted by Crippen LogP contribution is -2.51. The van der Waals surface area contributed by atoms with Crippen molar-refractivity contribution in [3.05, 3.63) is 59.9 Å². The molecule has 1 aromatic carbocycles. The lowest BCUT2D eigenvalue weighted by atomic mass is 9.87. The van der Waals surface area contributed by atoms with Gasteiger partial charge in [-0.1, -0.05) is 39.0 Å². The molecule has 35 heavy (non-hydrogen) atoms. The number of aromatic nitrogens is 1. The van der Waals surface area contributed by atoms with Crippen molar-refractivity contribution in [2.45, 2.75) is 51.1 Å². The third-order valence-electron chi connectivity index (χ3n) is 6.52. The van der Waals surface area contributed by atoms with E-state index in [4.69, 9.17) is 0 Å². The molecule has 0 spiro atoms. The summed E-state index contributed by atoms with van der Waals surface area (Å²) in [6, 6.07) is 9.36. The second-order valence-corrected chi connectivity index (χ2v) is 9.94. The van der Waals surface area contributed by atoms with Crippen molar-refractivity contribution in [1.82, 2.24) is 20.1 Å². The number of hydrogen-bond acceptors (Lipinski definition) is 6. The summed E-state index contributed by atoms with van der Waals surface area (Å²) < 4.78 is 0. The molecule has 0 bridgehead atoms. The Labute approximate surface area is 205 Å². The van der Waals surface area contributed by atoms with E-state index in [0.717, 1.165) is 12.0 Å². The molecule has 3 amide bonds. The summed E-state index contributed by atoms with van der Waals surface area (Å²) in [5.74, 6) is -0.957. The molecule has 182 valence electrons. The van der Waals surface area contributed by atoms with Gasteiger partial charge in [-0.2, -0.15) is 5.26 Å². The van der Waals surface area contributed by atoms with Crippen LogP contribution in [0.15, 0.2) is 48.8 Å². The van der Waals surface area contributed by atoms with Gasteiger partial charge in [0, 0.05) is 30.2 Å². The Morgan fingerprint density at radius 3 is 2.54 bits per heavy atom. The van der Waals surface area contributed by atoms with Crippen LogP contribution in [0.4, 0.5) is 5.69 Å². The normalized spacial score (nSPS) is 18.7. The molecule has 2 unspecified atom stereocenters. The first-order valence-corrected chi connectivity index (χ1v) is 11.8. The zero-order valence-electron chi connectivity index (χ0n) is 20.3. The van der Waals surface area contributed by atoms with E-state index in [1.54, 1.807) is 24.5 Å². The minimum Gasteiger partial charge on any atom is -0.337 e. The summed E-state index contributed by atoms with van der Waals surface area (Å²) in [6.07, 6.45) is 6.54. The number of benzene rings is 1. The number of pyridine rings is 1. The van der Waals surface area contributed by atoms with Crippen LogP contribution in [0.25, 0.3) is 0 Å². The van der Waals surface area contributed by atoms with Gasteiger partial charge in [0.05, 0.1) is 6.67 Å². The average Bonchev–Trinajstić information content (AvgIpc) is 3.51. The van der Waals surface area contributed by atoms with Crippen LogP contribution in [0.2, 0.25) is 0 Å². The molecule has 9 heteroatoms. The minimum atomic E-state index is -1.04. The van der Waals surface area contributed by atoms with Crippen molar-refractivity contribution in [2.24, 2.45) is 0 Å². The smallest absolute Gasteiger partial charge is 0.252 e. The predicted octanol–water partition coefficient (Wildman–Crippen LogP) is 2.31. The summed E-state index contributed by atoms with van der Waals surface area (Å²) in [5.41, 5.74) is 2.09. The first kappa shape index (κ1) is 24.2. The van der Waals surface area contributed by atoms with Gasteiger partial charge in [0.2, 0.25) is 5.91 Å². The Bertz CT molecular complexity index is 1140. The molecule has 3 heterocycles. The number of rotatable bonds is 5. The molecule has 2 fully saturated rings. The number of carbonyl (C=O) groups excluding carboxylic acids is 3. The van der Waals surface area contributed by atoms with Crippen LogP contribution in [0.3, 0.4) is 0 Å². The SMILES string of the molecule is CC(C)(C)c1ccc(N(C(=O)C2CCCN2C#N)C(C(=O)N2CNC(=O)C2)c2cccnc2)cc1. The molecule has 0 saturated carbocycles. The molecule has 2 atom stereocenters. The van der Waals surface area contributed by atoms with Crippen LogP contribution in [0.5, 0.6) is 0 Å². The first-order chi connectivity index (χ1) is 16.7. The van der Waals surface area contributed by atoms with Crippen molar-refractivity contribution >= 4 is 23.4 Å². The van der Waals surface area contributed by atoms with Crippen LogP contribution < -0.4 is 10.2 Å². The highest BCUT2D eigenvalue weighted by Gasteiger charge is 2.42. The van der Waals surface area contributed by atoms with E-state index in [1.165, 1.54) is 14.7 Å². The van der Waals surface area contributed by atoms with Gasteiger partial charge in [-0.05, 0) is 42.0 Å². The number of likely N-dealkylation sites (tertiary alicyclic amines) is 1. The summed E-state index contributed by atoms with van der Waals surface area (Å²) in [5, 5.41) is 12.3. The van der Waals surface area contributed by atoms with Gasteiger partial charge in [0.25, 0.3) is 11.8 Å². The van der Waals surface area contributed by atoms with E-state index in [2.05, 4.69) is 37.3 Å². The highest BCUT2D eigenvalue weighted by molar-refractivity contribution is 6.04. The van der Waals surface area contributed by atoms with Gasteiger partial charge in [-0.3, -0.25) is 29.2 Å². The maximum atomic E-state index is 14.1. The van der Waals surface area contributed by atoms with Crippen molar-refractivity contribution in [3.8, 4) is 6.19 Å². The summed E-state index contributed by atoms with van der Waals surface area (Å²) in [7, 11) is 0. The highest BCUT2D eigenvalue weighted by Crippen LogP contribution is 2.34. The van der Waals surface area contributed by atoms with Crippen molar-refractivity contribution < 1.29 is 14.4 Å². The molecule has 1 N–H and O–H groups in total. The highest BCUT2D eigenvalue weighted by atomic mass is 16.2. The van der Waals surface area contributed by atoms with Gasteiger partial charge < -0.3 is 10.2 Å². The largest absolute Gasteiger partial charge is 0.337 e. The fourth-order valence-corrected chi connectivity index (χ4v) is 4.57. The molecule has 9 nitrogen and oxygen atoms in total. The lowest BCUT2D eigenvalue weighted by Gasteiger charge is -2.36. The third-order valence-corrected chi connectivity index (χ3v) is 6.52. The Morgan fingerprint density at radius 2 is 1.97 bits per heavy atom. The maximum Gasteiger partial charge on any atom is 0.252 e. The Morgan fingerprint density at radius 1 is 1.23 bits per heavy atom. The molecule has 2 aliphatic rings. The zero-order chi connectivity index (χ0) is 25.2. The van der Waals surface area contributed by atoms with Crippen LogP contribution in [-0.2, 0) is 19.8 Å². The monoisotopic (exact) mass is 474 g/mol. The van der Waals surface area contributed by atoms with Crippen LogP contribution >= 0.6 is 0 Å². The van der Waals surface area contributed by atoms with Gasteiger partial charge in [-0.25, -0.2) is 0 Å². The summed E-state index contributed by atoms with van der Waals surface area (Å²) in [6.45, 7) is 6.82. The predicted molar refractivity (Wildman–Crippen MR) is 130 cm³/mol. The summed E-state index contributed by atoms with van der Waals surface area (Å²) in [4.78, 5) is 48.3. The van der Waals surface area contributed by atoms with Crippen molar-refractivity contribution in [2.75, 3.05) is 24.7 Å². The van der Waals surface area contributed by atoms with E-state index in [-0.39, 0.29) is 36.3 Å². The summed E-state index contributed by atoms with van der Waals surface area (Å²) >= 11 is 0. The van der Waals surface area contributed by atoms with Gasteiger partial charge in [-0.15, -0.1) is 0 Å². The Hall–Kier alpha value is -3.93. The molecule has 2 saturated heterocycles. The van der Waals surface area contributed by atoms with E-state index in [0.29, 0.717) is 24.2 Å². The second-order valence-electron chi connectivity index (χ2n) is 9.94. The first-order valence-electron chi connectivity index (χ1n) is 11.8. The van der Waals surface area contributed by atoms with Gasteiger partial charge in [0.15, 0.2) is 6.19 Å². The molecule has 4 rings (SSSR count). The third kappa shape index (κ3) is 4.97. The number of nitriles is 1. The number of carbonyl (C=O) groups is 3. The molecule has 2 aromatic rings. The number of nitrogens with one attached hydrogen (secondary N) is 1. The fraction of sp³-hybridized carbons (Fsp3) is 0.423. The van der Waals surface area contributed by atoms with Crippen LogP contribution in [0, 0.1) is 11.5 Å². The Balaban J connectivity index is 1.83. The molecular formula is C26H30N6O3. The zero-order valence-corrected chi connectivity index (χ0v) is 20.3. The van der Waals surface area contributed by atoms with Crippen LogP contribution in [0.1, 0.15) is 50.8 Å². The number of anilines is 1. The quantitative estimate of drug-likeness (QED) is 0.666. The molecule has 0 radical (unpaired) electrons. The van der Waals surface area contributed by atoms with E-state index >= 15 is 0 Å². The number of nitrogens with zero attached hydrogens (tertiary/aromatic N) is 5. The maximum absolute atomic E-state index is 14.1. The Kier molecular flexibility index (Phi) is 6.74. The van der Waals surface area contributed by atoms with Crippen LogP contribution in [-0.4, -0.2) is 58.3 Å². The molecular weight excluding hydrogens is 444 g/mol. The van der Waals surface area contributed by atoms with E-state index in [9.17, 15) is 19.6 Å². The van der Waals surface area contributed by atoms with E-state index < -0.39 is 12.1 Å². The van der Waals surface area contributed by atoms with Gasteiger partial charge >= 0.3 is 0 Å². The topological polar surface area (TPSA) is 110 Å². The number of amides is 3. The average molecular weight is 475 g/mol. The standard InChI is InChI=1S/C26H30N6O3/c1-26(2,3)19-8-10-20(11-9-19)32(24(34)21-7-5-13-30(21)16-27)23(18-6-4-12-28-14-18)25(35)31-15-22(33)29-17-31/h4,6,8-12,14,21,23H,5,7,13,15,17H2,1-3H3,(H,29,33). The molecule has 1 aromatic heterocycles. The molecule has 2 aliphatic heterocycles. The lowest BCUT2D eigenvalue weighted by molar-refractivity contribution is -0.135. The van der Waals surface area contributed by atoms with E-state index in [1.807, 2.05) is 24.3 Å². The van der Waals surface area contributed by atoms with Gasteiger partial charge in [0.1, 0.15) is 18.6 Å². The fourth-order valence-electron chi connectivity index (χ4n) is 4.57. The minimum absolute atomic E-state index is 0.0751. The number of hydrogen-bond donors (Lipinski definition) is 1. The van der Waals surface area contributed by atoms with Crippen molar-refractivity contribution in [1.29, 1.82) is 5.26 Å². The van der Waals surface area contributed by atoms with Crippen molar-refractivity contribution in [3.63, 3.8) is 0 Å². The second kappa shape index (κ2) is 9.74. The molecule has 0 aliphatic carbocycles.